The van der Waals surface area contributed by atoms with Crippen molar-refractivity contribution in [3.05, 3.63) is 29.3 Å². The molecule has 1 aromatic rings. The van der Waals surface area contributed by atoms with Crippen LogP contribution in [0.3, 0.4) is 0 Å². The molecule has 0 aliphatic heterocycles. The number of aryl methyl sites for hydroxylation is 1. The van der Waals surface area contributed by atoms with Crippen molar-refractivity contribution in [1.82, 2.24) is 10.6 Å². The smallest absolute Gasteiger partial charge is 0.255 e. The topological polar surface area (TPSA) is 78.4 Å². The molecule has 0 spiro atoms. The van der Waals surface area contributed by atoms with Crippen molar-refractivity contribution in [2.45, 2.75) is 25.8 Å². The molecule has 2 rings (SSSR count). The third-order valence-corrected chi connectivity index (χ3v) is 2.75. The van der Waals surface area contributed by atoms with Gasteiger partial charge in [0.1, 0.15) is 5.75 Å². The van der Waals surface area contributed by atoms with E-state index in [1.165, 1.54) is 6.07 Å². The van der Waals surface area contributed by atoms with E-state index in [0.717, 1.165) is 18.4 Å². The van der Waals surface area contributed by atoms with Gasteiger partial charge >= 0.3 is 0 Å². The summed E-state index contributed by atoms with van der Waals surface area (Å²) < 4.78 is 0. The highest BCUT2D eigenvalue weighted by Crippen LogP contribution is 2.19. The van der Waals surface area contributed by atoms with Crippen LogP contribution in [-0.2, 0) is 4.79 Å². The number of carbonyl (C=O) groups is 2. The van der Waals surface area contributed by atoms with Crippen molar-refractivity contribution in [1.29, 1.82) is 0 Å². The summed E-state index contributed by atoms with van der Waals surface area (Å²) in [5.41, 5.74) is 1.06. The van der Waals surface area contributed by atoms with E-state index in [9.17, 15) is 14.7 Å². The van der Waals surface area contributed by atoms with Gasteiger partial charge in [0.25, 0.3) is 5.91 Å². The average Bonchev–Trinajstić information content (AvgIpc) is 3.13. The van der Waals surface area contributed by atoms with Crippen LogP contribution in [0.15, 0.2) is 18.2 Å². The van der Waals surface area contributed by atoms with Gasteiger partial charge in [-0.1, -0.05) is 11.6 Å². The fraction of sp³-hybridized carbons (Fsp3) is 0.385. The van der Waals surface area contributed by atoms with Crippen LogP contribution in [0, 0.1) is 6.92 Å². The minimum atomic E-state index is -0.442. The highest BCUT2D eigenvalue weighted by atomic mass is 16.3. The van der Waals surface area contributed by atoms with E-state index in [4.69, 9.17) is 0 Å². The van der Waals surface area contributed by atoms with Crippen LogP contribution < -0.4 is 10.6 Å². The molecule has 1 fully saturated rings. The monoisotopic (exact) mass is 248 g/mol. The van der Waals surface area contributed by atoms with Crippen molar-refractivity contribution in [2.75, 3.05) is 6.54 Å². The number of phenolic OH excluding ortho intramolecular Hbond substituents is 1. The van der Waals surface area contributed by atoms with Gasteiger partial charge in [0.2, 0.25) is 5.91 Å². The Morgan fingerprint density at radius 1 is 1.39 bits per heavy atom. The highest BCUT2D eigenvalue weighted by molar-refractivity contribution is 5.98. The lowest BCUT2D eigenvalue weighted by Crippen LogP contribution is -2.37. The zero-order valence-corrected chi connectivity index (χ0v) is 10.2. The van der Waals surface area contributed by atoms with Crippen molar-refractivity contribution in [3.63, 3.8) is 0 Å². The molecule has 1 aliphatic carbocycles. The van der Waals surface area contributed by atoms with Gasteiger partial charge in [-0.15, -0.1) is 0 Å². The molecule has 0 aromatic heterocycles. The predicted octanol–water partition coefficient (Wildman–Crippen LogP) is 0.709. The normalized spacial score (nSPS) is 14.1. The molecule has 0 atom stereocenters. The van der Waals surface area contributed by atoms with Crippen LogP contribution in [0.1, 0.15) is 28.8 Å². The van der Waals surface area contributed by atoms with Crippen LogP contribution in [0.4, 0.5) is 0 Å². The molecular formula is C13H16N2O3. The van der Waals surface area contributed by atoms with E-state index in [1.54, 1.807) is 12.1 Å². The average molecular weight is 248 g/mol. The Bertz CT molecular complexity index is 481. The number of nitrogens with one attached hydrogen (secondary N) is 2. The Hall–Kier alpha value is -2.04. The Morgan fingerprint density at radius 3 is 2.78 bits per heavy atom. The minimum absolute atomic E-state index is 0.0668. The summed E-state index contributed by atoms with van der Waals surface area (Å²) in [5, 5.41) is 14.8. The number of carbonyl (C=O) groups excluding carboxylic acids is 2. The van der Waals surface area contributed by atoms with E-state index < -0.39 is 5.91 Å². The first kappa shape index (κ1) is 12.4. The van der Waals surface area contributed by atoms with Crippen LogP contribution in [0.25, 0.3) is 0 Å². The summed E-state index contributed by atoms with van der Waals surface area (Å²) in [4.78, 5) is 23.2. The number of rotatable bonds is 4. The first-order chi connectivity index (χ1) is 8.56. The van der Waals surface area contributed by atoms with Crippen LogP contribution in [0.2, 0.25) is 0 Å². The lowest BCUT2D eigenvalue weighted by molar-refractivity contribution is -0.120. The molecule has 3 N–H and O–H groups in total. The van der Waals surface area contributed by atoms with E-state index >= 15 is 0 Å². The Kier molecular flexibility index (Phi) is 3.50. The molecular weight excluding hydrogens is 232 g/mol. The second kappa shape index (κ2) is 5.08. The molecule has 1 aliphatic rings. The summed E-state index contributed by atoms with van der Waals surface area (Å²) in [7, 11) is 0. The largest absolute Gasteiger partial charge is 0.507 e. The fourth-order valence-electron chi connectivity index (χ4n) is 1.59. The number of amides is 2. The quantitative estimate of drug-likeness (QED) is 0.734. The summed E-state index contributed by atoms with van der Waals surface area (Å²) in [6.07, 6.45) is 2.02. The van der Waals surface area contributed by atoms with Gasteiger partial charge in [0.05, 0.1) is 12.1 Å². The number of hydrogen-bond donors (Lipinski definition) is 3. The van der Waals surface area contributed by atoms with Gasteiger partial charge in [-0.3, -0.25) is 9.59 Å². The van der Waals surface area contributed by atoms with Crippen LogP contribution in [0.5, 0.6) is 5.75 Å². The molecule has 5 heteroatoms. The van der Waals surface area contributed by atoms with Crippen molar-refractivity contribution in [2.24, 2.45) is 0 Å². The third-order valence-electron chi connectivity index (χ3n) is 2.75. The van der Waals surface area contributed by atoms with E-state index in [1.807, 2.05) is 6.92 Å². The zero-order valence-electron chi connectivity index (χ0n) is 10.2. The molecule has 5 nitrogen and oxygen atoms in total. The van der Waals surface area contributed by atoms with Gasteiger partial charge < -0.3 is 15.7 Å². The molecule has 0 bridgehead atoms. The minimum Gasteiger partial charge on any atom is -0.507 e. The predicted molar refractivity (Wildman–Crippen MR) is 66.3 cm³/mol. The molecule has 1 saturated carbocycles. The molecule has 2 amide bonds. The first-order valence-corrected chi connectivity index (χ1v) is 5.93. The molecule has 18 heavy (non-hydrogen) atoms. The van der Waals surface area contributed by atoms with Crippen LogP contribution in [-0.4, -0.2) is 29.5 Å². The van der Waals surface area contributed by atoms with Crippen molar-refractivity contribution >= 4 is 11.8 Å². The first-order valence-electron chi connectivity index (χ1n) is 5.93. The molecule has 96 valence electrons. The Morgan fingerprint density at radius 2 is 2.11 bits per heavy atom. The zero-order chi connectivity index (χ0) is 13.1. The van der Waals surface area contributed by atoms with E-state index in [-0.39, 0.29) is 29.8 Å². The second-order valence-corrected chi connectivity index (χ2v) is 4.55. The molecule has 0 heterocycles. The van der Waals surface area contributed by atoms with Gasteiger partial charge in [0, 0.05) is 6.04 Å². The molecule has 1 aromatic carbocycles. The SMILES string of the molecule is Cc1ccc(O)c(C(=O)NCC(=O)NC2CC2)c1. The van der Waals surface area contributed by atoms with Crippen molar-refractivity contribution in [3.8, 4) is 5.75 Å². The van der Waals surface area contributed by atoms with Gasteiger partial charge in [-0.25, -0.2) is 0 Å². The number of aromatic hydroxyl groups is 1. The summed E-state index contributed by atoms with van der Waals surface area (Å²) in [6, 6.07) is 5.05. The Balaban J connectivity index is 1.90. The molecule has 0 radical (unpaired) electrons. The lowest BCUT2D eigenvalue weighted by Gasteiger charge is -2.07. The number of phenols is 1. The van der Waals surface area contributed by atoms with Gasteiger partial charge in [-0.05, 0) is 31.9 Å². The van der Waals surface area contributed by atoms with E-state index in [2.05, 4.69) is 10.6 Å². The number of hydrogen-bond acceptors (Lipinski definition) is 3. The van der Waals surface area contributed by atoms with Crippen LogP contribution >= 0.6 is 0 Å². The third kappa shape index (κ3) is 3.23. The maximum atomic E-state index is 11.8. The fourth-order valence-corrected chi connectivity index (χ4v) is 1.59. The maximum absolute atomic E-state index is 11.8. The molecule has 0 saturated heterocycles. The van der Waals surface area contributed by atoms with Crippen molar-refractivity contribution < 1.29 is 14.7 Å². The Labute approximate surface area is 105 Å². The summed E-state index contributed by atoms with van der Waals surface area (Å²) in [5.74, 6) is -0.721. The molecule has 0 unspecified atom stereocenters. The standard InChI is InChI=1S/C13H16N2O3/c1-8-2-5-11(16)10(6-8)13(18)14-7-12(17)15-9-3-4-9/h2,5-6,9,16H,3-4,7H2,1H3,(H,14,18)(H,15,17). The van der Waals surface area contributed by atoms with Gasteiger partial charge in [-0.2, -0.15) is 0 Å². The lowest BCUT2D eigenvalue weighted by atomic mass is 10.1. The summed E-state index contributed by atoms with van der Waals surface area (Å²) in [6.45, 7) is 1.76. The van der Waals surface area contributed by atoms with E-state index in [0.29, 0.717) is 0 Å². The second-order valence-electron chi connectivity index (χ2n) is 4.55. The maximum Gasteiger partial charge on any atom is 0.255 e. The summed E-state index contributed by atoms with van der Waals surface area (Å²) >= 11 is 0. The highest BCUT2D eigenvalue weighted by Gasteiger charge is 2.23. The number of benzene rings is 1. The van der Waals surface area contributed by atoms with Gasteiger partial charge in [0.15, 0.2) is 0 Å².